The van der Waals surface area contributed by atoms with E-state index < -0.39 is 0 Å². The van der Waals surface area contributed by atoms with Crippen molar-refractivity contribution in [2.24, 2.45) is 0 Å². The van der Waals surface area contributed by atoms with Crippen molar-refractivity contribution in [3.05, 3.63) is 47.9 Å². The molecule has 0 saturated carbocycles. The molecule has 1 aliphatic rings. The van der Waals surface area contributed by atoms with E-state index in [1.54, 1.807) is 20.5 Å². The second kappa shape index (κ2) is 7.48. The predicted molar refractivity (Wildman–Crippen MR) is 111 cm³/mol. The van der Waals surface area contributed by atoms with Crippen molar-refractivity contribution < 1.29 is 18.7 Å². The maximum absolute atomic E-state index is 13.4. The summed E-state index contributed by atoms with van der Waals surface area (Å²) < 4.78 is 18.4. The van der Waals surface area contributed by atoms with Gasteiger partial charge >= 0.3 is 0 Å². The van der Waals surface area contributed by atoms with Gasteiger partial charge in [0, 0.05) is 37.8 Å². The number of hydrogen-bond acceptors (Lipinski definition) is 5. The van der Waals surface area contributed by atoms with Gasteiger partial charge in [-0.1, -0.05) is 6.07 Å². The zero-order valence-electron chi connectivity index (χ0n) is 17.3. The molecule has 1 N–H and O–H groups in total. The van der Waals surface area contributed by atoms with Crippen LogP contribution in [0.25, 0.3) is 11.1 Å². The van der Waals surface area contributed by atoms with Crippen LogP contribution >= 0.6 is 0 Å². The Kier molecular flexibility index (Phi) is 5.00. The summed E-state index contributed by atoms with van der Waals surface area (Å²) in [6.07, 6.45) is 2.36. The molecular weight excluding hydrogens is 370 g/mol. The van der Waals surface area contributed by atoms with Crippen LogP contribution in [0.5, 0.6) is 11.5 Å². The number of likely N-dealkylation sites (N-methyl/N-ethyl adjacent to an activating group) is 1. The first kappa shape index (κ1) is 19.4. The van der Waals surface area contributed by atoms with E-state index in [-0.39, 0.29) is 11.4 Å². The van der Waals surface area contributed by atoms with Gasteiger partial charge in [-0.25, -0.2) is 0 Å². The molecule has 3 aromatic rings. The topological polar surface area (TPSA) is 68.9 Å². The van der Waals surface area contributed by atoms with E-state index in [1.165, 1.54) is 0 Å². The second-order valence-corrected chi connectivity index (χ2v) is 7.70. The summed E-state index contributed by atoms with van der Waals surface area (Å²) in [6, 6.07) is 9.56. The number of amides is 1. The van der Waals surface area contributed by atoms with Crippen molar-refractivity contribution in [1.29, 1.82) is 0 Å². The molecule has 1 aromatic carbocycles. The Hall–Kier alpha value is -2.93. The second-order valence-electron chi connectivity index (χ2n) is 7.70. The van der Waals surface area contributed by atoms with Crippen LogP contribution in [0, 0.1) is 0 Å². The van der Waals surface area contributed by atoms with Gasteiger partial charge < -0.3 is 28.7 Å². The van der Waals surface area contributed by atoms with E-state index in [4.69, 9.17) is 13.9 Å². The number of carbonyl (C=O) groups is 1. The molecule has 0 radical (unpaired) electrons. The van der Waals surface area contributed by atoms with E-state index >= 15 is 0 Å². The van der Waals surface area contributed by atoms with Crippen molar-refractivity contribution in [3.63, 3.8) is 0 Å². The third-order valence-electron chi connectivity index (χ3n) is 5.79. The molecule has 0 saturated heterocycles. The van der Waals surface area contributed by atoms with Gasteiger partial charge in [0.2, 0.25) is 0 Å². The minimum atomic E-state index is -0.359. The van der Waals surface area contributed by atoms with Crippen molar-refractivity contribution in [2.45, 2.75) is 25.4 Å². The van der Waals surface area contributed by atoms with Crippen LogP contribution < -0.4 is 14.8 Å². The number of hydrogen-bond donors (Lipinski definition) is 1. The Labute approximate surface area is 170 Å². The fourth-order valence-electron chi connectivity index (χ4n) is 4.33. The molecule has 1 aliphatic heterocycles. The van der Waals surface area contributed by atoms with Crippen LogP contribution in [0.15, 0.2) is 41.0 Å². The van der Waals surface area contributed by atoms with Crippen molar-refractivity contribution in [1.82, 2.24) is 14.8 Å². The average Bonchev–Trinajstić information content (AvgIpc) is 3.30. The van der Waals surface area contributed by atoms with Crippen LogP contribution in [-0.4, -0.2) is 55.3 Å². The Morgan fingerprint density at radius 1 is 1.21 bits per heavy atom. The maximum atomic E-state index is 13.4. The van der Waals surface area contributed by atoms with Gasteiger partial charge in [-0.3, -0.25) is 4.79 Å². The molecular formula is C22H27N3O4. The van der Waals surface area contributed by atoms with E-state index in [0.29, 0.717) is 31.7 Å². The van der Waals surface area contributed by atoms with Gasteiger partial charge in [-0.05, 0) is 32.0 Å². The number of aromatic nitrogens is 1. The largest absolute Gasteiger partial charge is 0.497 e. The first-order valence-corrected chi connectivity index (χ1v) is 9.75. The number of furan rings is 1. The molecule has 3 heterocycles. The smallest absolute Gasteiger partial charge is 0.271 e. The lowest BCUT2D eigenvalue weighted by Gasteiger charge is -2.45. The molecule has 0 aliphatic carbocycles. The minimum absolute atomic E-state index is 0.0212. The van der Waals surface area contributed by atoms with Gasteiger partial charge in [-0.2, -0.15) is 0 Å². The number of ether oxygens (including phenoxy) is 2. The molecule has 2 aromatic heterocycles. The molecule has 0 fully saturated rings. The predicted octanol–water partition coefficient (Wildman–Crippen LogP) is 2.93. The van der Waals surface area contributed by atoms with Crippen molar-refractivity contribution in [3.8, 4) is 11.5 Å². The van der Waals surface area contributed by atoms with Crippen molar-refractivity contribution in [2.75, 3.05) is 34.4 Å². The number of nitrogens with zero attached hydrogens (tertiary/aromatic N) is 2. The van der Waals surface area contributed by atoms with Crippen molar-refractivity contribution >= 4 is 17.0 Å². The summed E-state index contributed by atoms with van der Waals surface area (Å²) >= 11 is 0. The Bertz CT molecular complexity index is 1040. The van der Waals surface area contributed by atoms with Gasteiger partial charge in [0.05, 0.1) is 31.5 Å². The molecule has 7 nitrogen and oxygen atoms in total. The standard InChI is InChI=1S/C22H27N3O4/c1-22(13-23-2)14-24-17-8-10-29-20(17)12-18(24)21(26)25(22)9-7-15-5-6-16(27-3)11-19(15)28-4/h5-6,8,10-12,23H,7,9,13-14H2,1-4H3. The molecule has 0 bridgehead atoms. The third-order valence-corrected chi connectivity index (χ3v) is 5.79. The van der Waals surface area contributed by atoms with Crippen LogP contribution in [0.4, 0.5) is 0 Å². The lowest BCUT2D eigenvalue weighted by atomic mass is 9.95. The number of fused-ring (bicyclic) bond motifs is 3. The number of carbonyl (C=O) groups excluding carboxylic acids is 1. The lowest BCUT2D eigenvalue weighted by molar-refractivity contribution is 0.0378. The van der Waals surface area contributed by atoms with Crippen LogP contribution in [0.1, 0.15) is 23.0 Å². The number of nitrogens with one attached hydrogen (secondary N) is 1. The van der Waals surface area contributed by atoms with Crippen LogP contribution in [-0.2, 0) is 13.0 Å². The highest BCUT2D eigenvalue weighted by Gasteiger charge is 2.42. The number of methoxy groups -OCH3 is 2. The molecule has 1 atom stereocenters. The fourth-order valence-corrected chi connectivity index (χ4v) is 4.33. The molecule has 0 spiro atoms. The number of rotatable bonds is 7. The summed E-state index contributed by atoms with van der Waals surface area (Å²) in [5.41, 5.74) is 3.07. The van der Waals surface area contributed by atoms with Crippen LogP contribution in [0.3, 0.4) is 0 Å². The molecule has 4 rings (SSSR count). The lowest BCUT2D eigenvalue weighted by Crippen LogP contribution is -2.61. The maximum Gasteiger partial charge on any atom is 0.271 e. The van der Waals surface area contributed by atoms with Gasteiger partial charge in [-0.15, -0.1) is 0 Å². The van der Waals surface area contributed by atoms with Gasteiger partial charge in [0.15, 0.2) is 5.58 Å². The quantitative estimate of drug-likeness (QED) is 0.664. The van der Waals surface area contributed by atoms with E-state index in [2.05, 4.69) is 16.8 Å². The zero-order valence-corrected chi connectivity index (χ0v) is 17.3. The van der Waals surface area contributed by atoms with Gasteiger partial charge in [0.25, 0.3) is 5.91 Å². The van der Waals surface area contributed by atoms with Gasteiger partial charge in [0.1, 0.15) is 17.2 Å². The summed E-state index contributed by atoms with van der Waals surface area (Å²) in [6.45, 7) is 4.11. The zero-order chi connectivity index (χ0) is 20.6. The molecule has 154 valence electrons. The SMILES string of the molecule is CNCC1(C)Cn2c(cc3occc32)C(=O)N1CCc1ccc(OC)cc1OC. The Morgan fingerprint density at radius 3 is 2.76 bits per heavy atom. The highest BCUT2D eigenvalue weighted by Crippen LogP contribution is 2.33. The summed E-state index contributed by atoms with van der Waals surface area (Å²) in [5, 5.41) is 3.26. The van der Waals surface area contributed by atoms with E-state index in [9.17, 15) is 4.79 Å². The first-order valence-electron chi connectivity index (χ1n) is 9.75. The number of benzene rings is 1. The van der Waals surface area contributed by atoms with E-state index in [0.717, 1.165) is 28.2 Å². The minimum Gasteiger partial charge on any atom is -0.497 e. The van der Waals surface area contributed by atoms with Crippen LogP contribution in [0.2, 0.25) is 0 Å². The Morgan fingerprint density at radius 2 is 2.03 bits per heavy atom. The summed E-state index contributed by atoms with van der Waals surface area (Å²) in [5.74, 6) is 1.54. The highest BCUT2D eigenvalue weighted by molar-refractivity contribution is 5.99. The molecule has 7 heteroatoms. The third kappa shape index (κ3) is 3.25. The van der Waals surface area contributed by atoms with E-state index in [1.807, 2.05) is 42.3 Å². The average molecular weight is 397 g/mol. The molecule has 1 amide bonds. The summed E-state index contributed by atoms with van der Waals surface area (Å²) in [7, 11) is 5.20. The fraction of sp³-hybridized carbons (Fsp3) is 0.409. The Balaban J connectivity index is 1.65. The monoisotopic (exact) mass is 397 g/mol. The summed E-state index contributed by atoms with van der Waals surface area (Å²) in [4.78, 5) is 15.4. The molecule has 1 unspecified atom stereocenters. The molecule has 29 heavy (non-hydrogen) atoms. The first-order chi connectivity index (χ1) is 14.0. The highest BCUT2D eigenvalue weighted by atomic mass is 16.5. The normalized spacial score (nSPS) is 18.9.